The molecule has 1 aliphatic heterocycles. The Balaban J connectivity index is 1.62. The van der Waals surface area contributed by atoms with E-state index in [-0.39, 0.29) is 16.5 Å². The lowest BCUT2D eigenvalue weighted by Crippen LogP contribution is -2.25. The Labute approximate surface area is 161 Å². The van der Waals surface area contributed by atoms with E-state index in [4.69, 9.17) is 16.3 Å². The first-order chi connectivity index (χ1) is 12.9. The smallest absolute Gasteiger partial charge is 0.338 e. The van der Waals surface area contributed by atoms with Crippen LogP contribution in [-0.4, -0.2) is 44.2 Å². The molecular weight excluding hydrogens is 394 g/mol. The minimum absolute atomic E-state index is 0.0821. The summed E-state index contributed by atoms with van der Waals surface area (Å²) in [6, 6.07) is 9.26. The van der Waals surface area contributed by atoms with Gasteiger partial charge in [0.25, 0.3) is 5.91 Å². The summed E-state index contributed by atoms with van der Waals surface area (Å²) in [4.78, 5) is 27.9. The lowest BCUT2D eigenvalue weighted by molar-refractivity contribution is -0.119. The van der Waals surface area contributed by atoms with Gasteiger partial charge in [0.1, 0.15) is 0 Å². The molecule has 8 nitrogen and oxygen atoms in total. The quantitative estimate of drug-likeness (QED) is 0.598. The van der Waals surface area contributed by atoms with Crippen LogP contribution < -0.4 is 9.62 Å². The summed E-state index contributed by atoms with van der Waals surface area (Å²) < 4.78 is 30.3. The molecule has 1 fully saturated rings. The van der Waals surface area contributed by atoms with Crippen molar-refractivity contribution in [2.75, 3.05) is 28.5 Å². The number of nitrogens with one attached hydrogen (secondary N) is 1. The third-order valence-electron chi connectivity index (χ3n) is 3.84. The standard InChI is InChI=1S/C17H16ClN3O5S/c18-16-14(6-2-7-19-16)20-15(22)11-26-17(23)12-4-1-5-13(10-12)21-8-3-9-27(21,24)25/h1-2,4-7,10H,3,8-9,11H2,(H,20,22). The normalized spacial score (nSPS) is 15.4. The fraction of sp³-hybridized carbons (Fsp3) is 0.235. The first-order valence-electron chi connectivity index (χ1n) is 8.05. The van der Waals surface area contributed by atoms with Gasteiger partial charge in [-0.25, -0.2) is 18.2 Å². The number of anilines is 2. The number of aromatic nitrogens is 1. The third kappa shape index (κ3) is 4.55. The maximum Gasteiger partial charge on any atom is 0.338 e. The van der Waals surface area contributed by atoms with Crippen molar-refractivity contribution in [3.8, 4) is 0 Å². The number of ether oxygens (including phenoxy) is 1. The molecule has 0 atom stereocenters. The highest BCUT2D eigenvalue weighted by molar-refractivity contribution is 7.93. The SMILES string of the molecule is O=C(COC(=O)c1cccc(N2CCCS2(=O)=O)c1)Nc1cccnc1Cl. The Morgan fingerprint density at radius 1 is 1.26 bits per heavy atom. The summed E-state index contributed by atoms with van der Waals surface area (Å²) in [5, 5.41) is 2.61. The zero-order chi connectivity index (χ0) is 19.4. The van der Waals surface area contributed by atoms with Gasteiger partial charge in [0.05, 0.1) is 22.7 Å². The van der Waals surface area contributed by atoms with E-state index < -0.39 is 28.5 Å². The molecule has 27 heavy (non-hydrogen) atoms. The molecule has 2 heterocycles. The number of halogens is 1. The second-order valence-electron chi connectivity index (χ2n) is 5.76. The van der Waals surface area contributed by atoms with E-state index in [1.165, 1.54) is 22.6 Å². The molecule has 1 saturated heterocycles. The molecular formula is C17H16ClN3O5S. The lowest BCUT2D eigenvalue weighted by atomic mass is 10.2. The Morgan fingerprint density at radius 3 is 2.78 bits per heavy atom. The van der Waals surface area contributed by atoms with Gasteiger partial charge >= 0.3 is 5.97 Å². The van der Waals surface area contributed by atoms with Crippen LogP contribution in [0.1, 0.15) is 16.8 Å². The molecule has 142 valence electrons. The van der Waals surface area contributed by atoms with E-state index in [9.17, 15) is 18.0 Å². The van der Waals surface area contributed by atoms with Crippen molar-refractivity contribution in [2.24, 2.45) is 0 Å². The van der Waals surface area contributed by atoms with Crippen LogP contribution in [-0.2, 0) is 19.6 Å². The molecule has 0 aliphatic carbocycles. The number of amides is 1. The van der Waals surface area contributed by atoms with Crippen LogP contribution in [0.3, 0.4) is 0 Å². The molecule has 0 radical (unpaired) electrons. The molecule has 1 amide bonds. The zero-order valence-electron chi connectivity index (χ0n) is 14.1. The van der Waals surface area contributed by atoms with Gasteiger partial charge in [0, 0.05) is 12.7 Å². The summed E-state index contributed by atoms with van der Waals surface area (Å²) in [6.07, 6.45) is 2.01. The number of pyridine rings is 1. The van der Waals surface area contributed by atoms with Crippen molar-refractivity contribution in [2.45, 2.75) is 6.42 Å². The van der Waals surface area contributed by atoms with Crippen molar-refractivity contribution in [1.82, 2.24) is 4.98 Å². The van der Waals surface area contributed by atoms with Crippen LogP contribution in [0, 0.1) is 0 Å². The number of sulfonamides is 1. The van der Waals surface area contributed by atoms with Crippen LogP contribution in [0.2, 0.25) is 5.15 Å². The number of esters is 1. The van der Waals surface area contributed by atoms with E-state index in [2.05, 4.69) is 10.3 Å². The van der Waals surface area contributed by atoms with Gasteiger partial charge in [-0.05, 0) is 36.8 Å². The largest absolute Gasteiger partial charge is 0.452 e. The Hall–Kier alpha value is -2.65. The highest BCUT2D eigenvalue weighted by atomic mass is 35.5. The summed E-state index contributed by atoms with van der Waals surface area (Å²) >= 11 is 5.84. The number of nitrogens with zero attached hydrogens (tertiary/aromatic N) is 2. The van der Waals surface area contributed by atoms with Crippen LogP contribution in [0.15, 0.2) is 42.6 Å². The van der Waals surface area contributed by atoms with Crippen LogP contribution in [0.4, 0.5) is 11.4 Å². The highest BCUT2D eigenvalue weighted by Crippen LogP contribution is 2.25. The molecule has 0 bridgehead atoms. The van der Waals surface area contributed by atoms with Gasteiger partial charge in [-0.3, -0.25) is 9.10 Å². The van der Waals surface area contributed by atoms with E-state index in [1.807, 2.05) is 0 Å². The van der Waals surface area contributed by atoms with Gasteiger partial charge in [0.2, 0.25) is 10.0 Å². The molecule has 1 N–H and O–H groups in total. The van der Waals surface area contributed by atoms with E-state index in [0.717, 1.165) is 0 Å². The zero-order valence-corrected chi connectivity index (χ0v) is 15.7. The van der Waals surface area contributed by atoms with E-state index in [1.54, 1.807) is 24.3 Å². The van der Waals surface area contributed by atoms with Crippen molar-refractivity contribution in [1.29, 1.82) is 0 Å². The highest BCUT2D eigenvalue weighted by Gasteiger charge is 2.28. The molecule has 10 heteroatoms. The maximum absolute atomic E-state index is 12.2. The van der Waals surface area contributed by atoms with Crippen LogP contribution in [0.5, 0.6) is 0 Å². The molecule has 0 spiro atoms. The number of rotatable bonds is 5. The van der Waals surface area contributed by atoms with Gasteiger partial charge < -0.3 is 10.1 Å². The topological polar surface area (TPSA) is 106 Å². The molecule has 0 saturated carbocycles. The Bertz CT molecular complexity index is 980. The number of carbonyl (C=O) groups excluding carboxylic acids is 2. The summed E-state index contributed by atoms with van der Waals surface area (Å²) in [6.45, 7) is -0.147. The number of hydrogen-bond donors (Lipinski definition) is 1. The molecule has 2 aromatic rings. The number of benzene rings is 1. The molecule has 1 aromatic carbocycles. The van der Waals surface area contributed by atoms with Gasteiger partial charge in [-0.1, -0.05) is 17.7 Å². The second kappa shape index (κ2) is 7.93. The van der Waals surface area contributed by atoms with Crippen molar-refractivity contribution >= 4 is 44.9 Å². The predicted octanol–water partition coefficient (Wildman–Crippen LogP) is 2.07. The Morgan fingerprint density at radius 2 is 2.07 bits per heavy atom. The Kier molecular flexibility index (Phi) is 5.62. The number of carbonyl (C=O) groups is 2. The molecule has 0 unspecified atom stereocenters. The van der Waals surface area contributed by atoms with Gasteiger partial charge in [0.15, 0.2) is 11.8 Å². The summed E-state index contributed by atoms with van der Waals surface area (Å²) in [5.74, 6) is -1.23. The molecule has 1 aliphatic rings. The minimum Gasteiger partial charge on any atom is -0.452 e. The summed E-state index contributed by atoms with van der Waals surface area (Å²) in [7, 11) is -3.35. The van der Waals surface area contributed by atoms with Crippen molar-refractivity contribution < 1.29 is 22.7 Å². The van der Waals surface area contributed by atoms with Crippen LogP contribution in [0.25, 0.3) is 0 Å². The lowest BCUT2D eigenvalue weighted by Gasteiger charge is -2.17. The predicted molar refractivity (Wildman–Crippen MR) is 100 cm³/mol. The van der Waals surface area contributed by atoms with Gasteiger partial charge in [-0.15, -0.1) is 0 Å². The van der Waals surface area contributed by atoms with Gasteiger partial charge in [-0.2, -0.15) is 0 Å². The average Bonchev–Trinajstić information content (AvgIpc) is 3.01. The minimum atomic E-state index is -3.35. The van der Waals surface area contributed by atoms with Crippen molar-refractivity contribution in [3.05, 3.63) is 53.3 Å². The third-order valence-corrected chi connectivity index (χ3v) is 6.01. The van der Waals surface area contributed by atoms with Crippen LogP contribution >= 0.6 is 11.6 Å². The fourth-order valence-corrected chi connectivity index (χ4v) is 4.32. The molecule has 3 rings (SSSR count). The van der Waals surface area contributed by atoms with E-state index >= 15 is 0 Å². The first kappa shape index (κ1) is 19.1. The van der Waals surface area contributed by atoms with Crippen molar-refractivity contribution in [3.63, 3.8) is 0 Å². The molecule has 1 aromatic heterocycles. The van der Waals surface area contributed by atoms with E-state index in [0.29, 0.717) is 24.3 Å². The number of hydrogen-bond acceptors (Lipinski definition) is 6. The average molecular weight is 410 g/mol. The fourth-order valence-electron chi connectivity index (χ4n) is 2.60. The monoisotopic (exact) mass is 409 g/mol. The second-order valence-corrected chi connectivity index (χ2v) is 8.13. The first-order valence-corrected chi connectivity index (χ1v) is 10.0. The maximum atomic E-state index is 12.2. The summed E-state index contributed by atoms with van der Waals surface area (Å²) in [5.41, 5.74) is 0.858.